The second kappa shape index (κ2) is 13.0. The zero-order valence-electron chi connectivity index (χ0n) is 26.3. The van der Waals surface area contributed by atoms with Gasteiger partial charge in [0.25, 0.3) is 11.5 Å². The van der Waals surface area contributed by atoms with E-state index in [9.17, 15) is 9.59 Å². The summed E-state index contributed by atoms with van der Waals surface area (Å²) in [5.41, 5.74) is 6.01. The Morgan fingerprint density at radius 2 is 1.71 bits per heavy atom. The van der Waals surface area contributed by atoms with E-state index < -0.39 is 6.04 Å². The number of para-hydroxylation sites is 2. The molecule has 3 heterocycles. The van der Waals surface area contributed by atoms with Crippen LogP contribution >= 0.6 is 34.5 Å². The number of aromatic nitrogens is 2. The molecule has 0 bridgehead atoms. The summed E-state index contributed by atoms with van der Waals surface area (Å²) in [4.78, 5) is 33.7. The molecule has 7 rings (SSSR count). The van der Waals surface area contributed by atoms with Gasteiger partial charge >= 0.3 is 0 Å². The van der Waals surface area contributed by atoms with E-state index in [-0.39, 0.29) is 11.5 Å². The molecule has 1 N–H and O–H groups in total. The topological polar surface area (TPSA) is 77.6 Å². The number of hydrogen-bond acceptors (Lipinski definition) is 5. The Hall–Kier alpha value is -4.89. The summed E-state index contributed by atoms with van der Waals surface area (Å²) in [6, 6.07) is 29.6. The number of carbonyl (C=O) groups excluding carboxylic acids is 1. The zero-order chi connectivity index (χ0) is 33.5. The van der Waals surface area contributed by atoms with Crippen LogP contribution in [0.5, 0.6) is 5.75 Å². The van der Waals surface area contributed by atoms with Gasteiger partial charge in [-0.05, 0) is 73.5 Å². The third kappa shape index (κ3) is 5.76. The number of halogens is 2. The Labute approximate surface area is 290 Å². The molecule has 0 spiro atoms. The van der Waals surface area contributed by atoms with Crippen LogP contribution in [0.15, 0.2) is 118 Å². The molecule has 48 heavy (non-hydrogen) atoms. The fraction of sp³-hybridized carbons (Fsp3) is 0.132. The second-order valence-electron chi connectivity index (χ2n) is 11.5. The van der Waals surface area contributed by atoms with Gasteiger partial charge in [-0.25, -0.2) is 4.99 Å². The number of amides is 1. The molecule has 1 atom stereocenters. The van der Waals surface area contributed by atoms with Gasteiger partial charge < -0.3 is 14.6 Å². The molecule has 1 amide bonds. The van der Waals surface area contributed by atoms with E-state index >= 15 is 0 Å². The van der Waals surface area contributed by atoms with Crippen molar-refractivity contribution >= 4 is 63.1 Å². The summed E-state index contributed by atoms with van der Waals surface area (Å²) >= 11 is 14.1. The predicted octanol–water partition coefficient (Wildman–Crippen LogP) is 7.50. The van der Waals surface area contributed by atoms with Gasteiger partial charge in [0.05, 0.1) is 29.0 Å². The van der Waals surface area contributed by atoms with E-state index in [2.05, 4.69) is 22.0 Å². The van der Waals surface area contributed by atoms with Gasteiger partial charge in [0.1, 0.15) is 5.75 Å². The number of methoxy groups -OCH3 is 1. The van der Waals surface area contributed by atoms with Crippen LogP contribution < -0.4 is 24.9 Å². The molecular weight excluding hydrogens is 663 g/mol. The van der Waals surface area contributed by atoms with Gasteiger partial charge in [-0.2, -0.15) is 0 Å². The van der Waals surface area contributed by atoms with Crippen LogP contribution in [0.3, 0.4) is 0 Å². The van der Waals surface area contributed by atoms with Gasteiger partial charge in [-0.1, -0.05) is 89.1 Å². The van der Waals surface area contributed by atoms with Gasteiger partial charge in [0.2, 0.25) is 0 Å². The molecule has 10 heteroatoms. The number of ether oxygens (including phenoxy) is 1. The maximum absolute atomic E-state index is 14.4. The van der Waals surface area contributed by atoms with Crippen molar-refractivity contribution in [1.82, 2.24) is 9.13 Å². The lowest BCUT2D eigenvalue weighted by molar-refractivity contribution is -0.113. The number of rotatable bonds is 7. The van der Waals surface area contributed by atoms with Crippen molar-refractivity contribution in [2.45, 2.75) is 26.4 Å². The number of nitrogens with zero attached hydrogens (tertiary/aromatic N) is 3. The number of anilines is 1. The summed E-state index contributed by atoms with van der Waals surface area (Å²) < 4.78 is 9.74. The van der Waals surface area contributed by atoms with Gasteiger partial charge in [-0.15, -0.1) is 0 Å². The minimum atomic E-state index is -0.701. The highest BCUT2D eigenvalue weighted by Gasteiger charge is 2.32. The number of nitrogens with one attached hydrogen (secondary N) is 1. The Morgan fingerprint density at radius 3 is 2.44 bits per heavy atom. The first kappa shape index (κ1) is 31.7. The van der Waals surface area contributed by atoms with Crippen LogP contribution in [0.2, 0.25) is 10.0 Å². The Balaban J connectivity index is 1.38. The van der Waals surface area contributed by atoms with Crippen LogP contribution in [0.25, 0.3) is 17.0 Å². The molecule has 0 saturated heterocycles. The first-order chi connectivity index (χ1) is 23.2. The number of allylic oxidation sites excluding steroid dienone is 1. The molecule has 0 aliphatic carbocycles. The molecule has 4 aromatic carbocycles. The molecule has 0 unspecified atom stereocenters. The first-order valence-corrected chi connectivity index (χ1v) is 16.9. The number of hydrogen-bond donors (Lipinski definition) is 1. The van der Waals surface area contributed by atoms with E-state index in [0.717, 1.165) is 33.3 Å². The maximum atomic E-state index is 14.4. The minimum absolute atomic E-state index is 0.228. The van der Waals surface area contributed by atoms with Gasteiger partial charge in [0.15, 0.2) is 4.80 Å². The lowest BCUT2D eigenvalue weighted by Crippen LogP contribution is -2.40. The second-order valence-corrected chi connectivity index (χ2v) is 13.4. The van der Waals surface area contributed by atoms with Crippen molar-refractivity contribution in [2.75, 3.05) is 12.4 Å². The summed E-state index contributed by atoms with van der Waals surface area (Å²) in [5, 5.41) is 5.18. The third-order valence-corrected chi connectivity index (χ3v) is 10.2. The molecule has 2 aromatic heterocycles. The van der Waals surface area contributed by atoms with Gasteiger partial charge in [-0.3, -0.25) is 14.2 Å². The normalized spacial score (nSPS) is 14.6. The lowest BCUT2D eigenvalue weighted by Gasteiger charge is -2.25. The summed E-state index contributed by atoms with van der Waals surface area (Å²) in [5.74, 6) is 0.353. The van der Waals surface area contributed by atoms with Crippen molar-refractivity contribution in [2.24, 2.45) is 4.99 Å². The fourth-order valence-electron chi connectivity index (χ4n) is 6.23. The SMILES string of the molecule is COc1ccc([C@H]2C(C(=O)Nc3ccccc3)=C(C)N=c3s/c(=C/c4c(C)n(Cc5ccc(Cl)cc5Cl)c5ccccc45)c(=O)n32)cc1. The molecule has 0 radical (unpaired) electrons. The highest BCUT2D eigenvalue weighted by atomic mass is 35.5. The molecule has 1 aliphatic rings. The van der Waals surface area contributed by atoms with Gasteiger partial charge in [0, 0.05) is 44.4 Å². The van der Waals surface area contributed by atoms with E-state index in [4.69, 9.17) is 32.9 Å². The molecule has 7 nitrogen and oxygen atoms in total. The summed E-state index contributed by atoms with van der Waals surface area (Å²) in [6.07, 6.45) is 1.94. The highest BCUT2D eigenvalue weighted by molar-refractivity contribution is 7.07. The lowest BCUT2D eigenvalue weighted by atomic mass is 9.95. The van der Waals surface area contributed by atoms with Crippen LogP contribution in [0.1, 0.15) is 35.3 Å². The van der Waals surface area contributed by atoms with Crippen molar-refractivity contribution in [1.29, 1.82) is 0 Å². The van der Waals surface area contributed by atoms with Crippen molar-refractivity contribution in [3.05, 3.63) is 160 Å². The highest BCUT2D eigenvalue weighted by Crippen LogP contribution is 2.33. The average molecular weight is 694 g/mol. The smallest absolute Gasteiger partial charge is 0.271 e. The van der Waals surface area contributed by atoms with Crippen LogP contribution in [-0.2, 0) is 11.3 Å². The Morgan fingerprint density at radius 1 is 0.979 bits per heavy atom. The molecule has 240 valence electrons. The van der Waals surface area contributed by atoms with Crippen LogP contribution in [-0.4, -0.2) is 22.2 Å². The van der Waals surface area contributed by atoms with Crippen molar-refractivity contribution < 1.29 is 9.53 Å². The predicted molar refractivity (Wildman–Crippen MR) is 194 cm³/mol. The standard InChI is InChI=1S/C38H30Cl2N4O3S/c1-22-34(36(45)42-27-9-5-4-6-10-27)35(24-14-17-28(47-3)18-15-24)44-37(46)33(48-38(44)41-22)20-30-23(2)43(32-12-8-7-11-29(30)32)21-25-13-16-26(39)19-31(25)40/h4-20,35H,21H2,1-3H3,(H,42,45)/b33-20+/t35-/m0/s1. The Bertz CT molecular complexity index is 2430. The third-order valence-electron chi connectivity index (χ3n) is 8.63. The largest absolute Gasteiger partial charge is 0.497 e. The Kier molecular flexibility index (Phi) is 8.56. The number of thiazole rings is 1. The average Bonchev–Trinajstić information content (AvgIpc) is 3.53. The van der Waals surface area contributed by atoms with E-state index in [1.54, 1.807) is 17.7 Å². The van der Waals surface area contributed by atoms with Crippen LogP contribution in [0, 0.1) is 6.92 Å². The first-order valence-electron chi connectivity index (χ1n) is 15.3. The molecule has 1 aliphatic heterocycles. The maximum Gasteiger partial charge on any atom is 0.271 e. The van der Waals surface area contributed by atoms with Crippen molar-refractivity contribution in [3.8, 4) is 5.75 Å². The molecular formula is C38H30Cl2N4O3S. The van der Waals surface area contributed by atoms with E-state index in [1.807, 2.05) is 98.8 Å². The van der Waals surface area contributed by atoms with Crippen LogP contribution in [0.4, 0.5) is 5.69 Å². The minimum Gasteiger partial charge on any atom is -0.497 e. The van der Waals surface area contributed by atoms with E-state index in [0.29, 0.717) is 48.6 Å². The zero-order valence-corrected chi connectivity index (χ0v) is 28.7. The number of benzene rings is 4. The molecule has 0 saturated carbocycles. The van der Waals surface area contributed by atoms with Crippen molar-refractivity contribution in [3.63, 3.8) is 0 Å². The summed E-state index contributed by atoms with van der Waals surface area (Å²) in [6.45, 7) is 4.39. The van der Waals surface area contributed by atoms with E-state index in [1.165, 1.54) is 11.3 Å². The molecule has 0 fully saturated rings. The molecule has 6 aromatic rings. The number of carbonyl (C=O) groups is 1. The fourth-order valence-corrected chi connectivity index (χ4v) is 7.72. The number of fused-ring (bicyclic) bond motifs is 2. The monoisotopic (exact) mass is 692 g/mol. The quantitative estimate of drug-likeness (QED) is 0.188. The summed E-state index contributed by atoms with van der Waals surface area (Å²) in [7, 11) is 1.60.